The van der Waals surface area contributed by atoms with Crippen molar-refractivity contribution in [1.29, 1.82) is 0 Å². The average Bonchev–Trinajstić information content (AvgIpc) is 3.17. The summed E-state index contributed by atoms with van der Waals surface area (Å²) < 4.78 is 13.2. The highest BCUT2D eigenvalue weighted by atomic mass is 32.2. The van der Waals surface area contributed by atoms with Gasteiger partial charge in [-0.3, -0.25) is 4.79 Å². The number of carbonyl (C=O) groups excluding carboxylic acids is 1. The van der Waals surface area contributed by atoms with Crippen LogP contribution in [0.1, 0.15) is 6.92 Å². The number of nitrogens with zero attached hydrogens (tertiary/aromatic N) is 1. The van der Waals surface area contributed by atoms with E-state index in [0.29, 0.717) is 12.4 Å². The Bertz CT molecular complexity index is 1130. The van der Waals surface area contributed by atoms with Gasteiger partial charge < -0.3 is 14.8 Å². The van der Waals surface area contributed by atoms with Gasteiger partial charge in [0.05, 0.1) is 22.6 Å². The molecule has 1 N–H and O–H groups in total. The summed E-state index contributed by atoms with van der Waals surface area (Å²) in [4.78, 5) is 16.9. The molecule has 1 heterocycles. The summed E-state index contributed by atoms with van der Waals surface area (Å²) in [6.07, 6.45) is 0. The summed E-state index contributed by atoms with van der Waals surface area (Å²) in [5.41, 5.74) is 1.65. The van der Waals surface area contributed by atoms with Crippen LogP contribution in [0.5, 0.6) is 17.2 Å². The van der Waals surface area contributed by atoms with Crippen molar-refractivity contribution < 1.29 is 14.3 Å². The fourth-order valence-electron chi connectivity index (χ4n) is 2.76. The van der Waals surface area contributed by atoms with E-state index >= 15 is 0 Å². The van der Waals surface area contributed by atoms with Crippen LogP contribution in [-0.4, -0.2) is 23.3 Å². The van der Waals surface area contributed by atoms with Crippen LogP contribution in [0, 0.1) is 0 Å². The van der Waals surface area contributed by atoms with Gasteiger partial charge in [0, 0.05) is 5.69 Å². The number of fused-ring (bicyclic) bond motifs is 1. The number of para-hydroxylation sites is 1. The van der Waals surface area contributed by atoms with Crippen molar-refractivity contribution in [3.63, 3.8) is 0 Å². The average molecular weight is 437 g/mol. The van der Waals surface area contributed by atoms with Crippen LogP contribution < -0.4 is 14.8 Å². The minimum atomic E-state index is -0.0778. The highest BCUT2D eigenvalue weighted by Crippen LogP contribution is 2.32. The topological polar surface area (TPSA) is 60.5 Å². The number of carbonyl (C=O) groups is 1. The van der Waals surface area contributed by atoms with Crippen LogP contribution in [0.3, 0.4) is 0 Å². The molecular formula is C23H20N2O3S2. The smallest absolute Gasteiger partial charge is 0.234 e. The Balaban J connectivity index is 1.30. The molecule has 0 atom stereocenters. The summed E-state index contributed by atoms with van der Waals surface area (Å²) in [5.74, 6) is 2.54. The highest BCUT2D eigenvalue weighted by Gasteiger charge is 2.09. The van der Waals surface area contributed by atoms with E-state index in [-0.39, 0.29) is 5.91 Å². The Kier molecular flexibility index (Phi) is 6.51. The lowest BCUT2D eigenvalue weighted by molar-refractivity contribution is -0.113. The molecule has 152 valence electrons. The fraction of sp³-hybridized carbons (Fsp3) is 0.130. The number of hydrogen-bond acceptors (Lipinski definition) is 6. The van der Waals surface area contributed by atoms with Gasteiger partial charge in [0.1, 0.15) is 17.2 Å². The molecule has 1 aromatic heterocycles. The molecular weight excluding hydrogens is 416 g/mol. The van der Waals surface area contributed by atoms with E-state index in [1.165, 1.54) is 11.8 Å². The van der Waals surface area contributed by atoms with Gasteiger partial charge in [-0.2, -0.15) is 0 Å². The molecule has 3 aromatic carbocycles. The lowest BCUT2D eigenvalue weighted by Gasteiger charge is -2.07. The number of benzene rings is 3. The first-order chi connectivity index (χ1) is 14.7. The quantitative estimate of drug-likeness (QED) is 0.332. The molecule has 0 aliphatic rings. The van der Waals surface area contributed by atoms with Crippen molar-refractivity contribution in [3.8, 4) is 17.2 Å². The number of aromatic nitrogens is 1. The van der Waals surface area contributed by atoms with E-state index in [9.17, 15) is 4.79 Å². The third kappa shape index (κ3) is 5.31. The molecule has 7 heteroatoms. The summed E-state index contributed by atoms with van der Waals surface area (Å²) >= 11 is 2.99. The summed E-state index contributed by atoms with van der Waals surface area (Å²) in [5, 5.41) is 2.90. The molecule has 5 nitrogen and oxygen atoms in total. The van der Waals surface area contributed by atoms with E-state index in [1.807, 2.05) is 79.7 Å². The molecule has 4 aromatic rings. The molecule has 1 amide bonds. The maximum Gasteiger partial charge on any atom is 0.234 e. The van der Waals surface area contributed by atoms with E-state index in [0.717, 1.165) is 37.5 Å². The summed E-state index contributed by atoms with van der Waals surface area (Å²) in [6, 6.07) is 22.7. The third-order valence-corrected chi connectivity index (χ3v) is 6.26. The Morgan fingerprint density at radius 2 is 1.73 bits per heavy atom. The number of anilines is 1. The standard InChI is InChI=1S/C23H20N2O3S2/c1-2-27-19-12-13-20-21(14-19)30-23(25-20)29-15-22(26)24-16-8-10-18(11-9-16)28-17-6-4-3-5-7-17/h3-14H,2,15H2,1H3,(H,24,26). The van der Waals surface area contributed by atoms with Gasteiger partial charge in [0.25, 0.3) is 0 Å². The first-order valence-corrected chi connectivity index (χ1v) is 11.3. The first-order valence-electron chi connectivity index (χ1n) is 9.48. The molecule has 0 aliphatic heterocycles. The highest BCUT2D eigenvalue weighted by molar-refractivity contribution is 8.01. The number of nitrogens with one attached hydrogen (secondary N) is 1. The molecule has 0 aliphatic carbocycles. The minimum Gasteiger partial charge on any atom is -0.494 e. The normalized spacial score (nSPS) is 10.7. The van der Waals surface area contributed by atoms with Crippen molar-refractivity contribution in [3.05, 3.63) is 72.8 Å². The number of ether oxygens (including phenoxy) is 2. The zero-order valence-corrected chi connectivity index (χ0v) is 18.0. The number of thioether (sulfide) groups is 1. The van der Waals surface area contributed by atoms with E-state index in [2.05, 4.69) is 10.3 Å². The predicted octanol–water partition coefficient (Wildman–Crippen LogP) is 6.22. The molecule has 0 radical (unpaired) electrons. The van der Waals surface area contributed by atoms with Crippen LogP contribution >= 0.6 is 23.1 Å². The van der Waals surface area contributed by atoms with Crippen LogP contribution in [0.4, 0.5) is 5.69 Å². The van der Waals surface area contributed by atoms with Gasteiger partial charge in [-0.25, -0.2) is 4.98 Å². The van der Waals surface area contributed by atoms with E-state index in [1.54, 1.807) is 11.3 Å². The molecule has 0 bridgehead atoms. The fourth-order valence-corrected chi connectivity index (χ4v) is 4.65. The van der Waals surface area contributed by atoms with Crippen molar-refractivity contribution in [1.82, 2.24) is 4.98 Å². The van der Waals surface area contributed by atoms with Crippen LogP contribution in [-0.2, 0) is 4.79 Å². The number of thiazole rings is 1. The molecule has 0 saturated heterocycles. The monoisotopic (exact) mass is 436 g/mol. The Labute approximate surface area is 183 Å². The second-order valence-corrected chi connectivity index (χ2v) is 8.57. The Hall–Kier alpha value is -3.03. The van der Waals surface area contributed by atoms with Crippen LogP contribution in [0.2, 0.25) is 0 Å². The Morgan fingerprint density at radius 3 is 2.50 bits per heavy atom. The van der Waals surface area contributed by atoms with Gasteiger partial charge in [0.15, 0.2) is 4.34 Å². The van der Waals surface area contributed by atoms with Crippen molar-refractivity contribution in [2.24, 2.45) is 0 Å². The van der Waals surface area contributed by atoms with Gasteiger partial charge in [0.2, 0.25) is 5.91 Å². The van der Waals surface area contributed by atoms with Gasteiger partial charge >= 0.3 is 0 Å². The molecule has 30 heavy (non-hydrogen) atoms. The second kappa shape index (κ2) is 9.65. The van der Waals surface area contributed by atoms with Gasteiger partial charge in [-0.15, -0.1) is 11.3 Å². The van der Waals surface area contributed by atoms with Crippen molar-refractivity contribution in [2.45, 2.75) is 11.3 Å². The van der Waals surface area contributed by atoms with Crippen LogP contribution in [0.15, 0.2) is 77.1 Å². The van der Waals surface area contributed by atoms with E-state index in [4.69, 9.17) is 9.47 Å². The SMILES string of the molecule is CCOc1ccc2nc(SCC(=O)Nc3ccc(Oc4ccccc4)cc3)sc2c1. The number of hydrogen-bond donors (Lipinski definition) is 1. The predicted molar refractivity (Wildman–Crippen MR) is 123 cm³/mol. The van der Waals surface area contributed by atoms with Crippen LogP contribution in [0.25, 0.3) is 10.2 Å². The minimum absolute atomic E-state index is 0.0778. The summed E-state index contributed by atoms with van der Waals surface area (Å²) in [7, 11) is 0. The lowest BCUT2D eigenvalue weighted by atomic mass is 10.3. The maximum atomic E-state index is 12.3. The lowest BCUT2D eigenvalue weighted by Crippen LogP contribution is -2.13. The maximum absolute atomic E-state index is 12.3. The largest absolute Gasteiger partial charge is 0.494 e. The zero-order chi connectivity index (χ0) is 20.8. The molecule has 0 saturated carbocycles. The number of amides is 1. The van der Waals surface area contributed by atoms with Gasteiger partial charge in [-0.1, -0.05) is 30.0 Å². The number of rotatable bonds is 8. The first kappa shape index (κ1) is 20.3. The summed E-state index contributed by atoms with van der Waals surface area (Å²) in [6.45, 7) is 2.59. The zero-order valence-electron chi connectivity index (χ0n) is 16.3. The van der Waals surface area contributed by atoms with Crippen molar-refractivity contribution >= 4 is 44.9 Å². The van der Waals surface area contributed by atoms with E-state index < -0.39 is 0 Å². The molecule has 0 spiro atoms. The van der Waals surface area contributed by atoms with Gasteiger partial charge in [-0.05, 0) is 61.5 Å². The second-order valence-electron chi connectivity index (χ2n) is 6.32. The van der Waals surface area contributed by atoms with Crippen molar-refractivity contribution in [2.75, 3.05) is 17.7 Å². The molecule has 0 unspecified atom stereocenters. The Morgan fingerprint density at radius 1 is 1.00 bits per heavy atom. The third-order valence-electron chi connectivity index (χ3n) is 4.10. The molecule has 0 fully saturated rings. The molecule has 4 rings (SSSR count).